The van der Waals surface area contributed by atoms with Gasteiger partial charge in [0.1, 0.15) is 28.7 Å². The van der Waals surface area contributed by atoms with Gasteiger partial charge in [-0.05, 0) is 69.2 Å². The van der Waals surface area contributed by atoms with Crippen LogP contribution in [0.25, 0.3) is 16.6 Å². The Hall–Kier alpha value is -3.98. The summed E-state index contributed by atoms with van der Waals surface area (Å²) in [7, 11) is 0. The van der Waals surface area contributed by atoms with Crippen LogP contribution in [0.2, 0.25) is 0 Å². The summed E-state index contributed by atoms with van der Waals surface area (Å²) in [6.07, 6.45) is 3.52. The molecule has 0 bridgehead atoms. The number of anilines is 1. The minimum absolute atomic E-state index is 0.0703. The van der Waals surface area contributed by atoms with Crippen molar-refractivity contribution in [3.8, 4) is 17.2 Å². The van der Waals surface area contributed by atoms with E-state index in [-0.39, 0.29) is 23.7 Å². The Labute approximate surface area is 220 Å². The molecule has 2 saturated heterocycles. The maximum absolute atomic E-state index is 13.5. The van der Waals surface area contributed by atoms with Crippen molar-refractivity contribution < 1.29 is 18.7 Å². The molecule has 0 aliphatic carbocycles. The summed E-state index contributed by atoms with van der Waals surface area (Å²) in [6.45, 7) is 5.64. The number of piperidine rings is 1. The molecule has 4 heterocycles. The Balaban J connectivity index is 1.32. The first-order chi connectivity index (χ1) is 18.3. The lowest BCUT2D eigenvalue weighted by atomic mass is 9.83. The van der Waals surface area contributed by atoms with E-state index in [1.54, 1.807) is 18.3 Å². The van der Waals surface area contributed by atoms with Crippen molar-refractivity contribution in [1.82, 2.24) is 19.7 Å². The summed E-state index contributed by atoms with van der Waals surface area (Å²) in [5.41, 5.74) is 8.35. The highest BCUT2D eigenvalue weighted by Crippen LogP contribution is 2.38. The number of carbonyl (C=O) groups is 1. The topological polar surface area (TPSA) is 95.5 Å². The van der Waals surface area contributed by atoms with Crippen LogP contribution in [0.4, 0.5) is 10.2 Å². The van der Waals surface area contributed by atoms with Gasteiger partial charge in [-0.1, -0.05) is 6.07 Å². The van der Waals surface area contributed by atoms with Gasteiger partial charge in [-0.2, -0.15) is 5.10 Å². The largest absolute Gasteiger partial charge is 0.457 e. The predicted molar refractivity (Wildman–Crippen MR) is 142 cm³/mol. The number of benzene rings is 2. The van der Waals surface area contributed by atoms with Crippen LogP contribution in [0.3, 0.4) is 0 Å². The number of nitrogens with two attached hydrogens (primary N) is 1. The fourth-order valence-electron chi connectivity index (χ4n) is 5.41. The molecule has 0 spiro atoms. The zero-order valence-electron chi connectivity index (χ0n) is 21.4. The van der Waals surface area contributed by atoms with Crippen molar-refractivity contribution in [2.24, 2.45) is 5.41 Å². The van der Waals surface area contributed by atoms with Crippen molar-refractivity contribution in [3.63, 3.8) is 0 Å². The minimum atomic E-state index is -0.443. The molecular weight excluding hydrogens is 485 g/mol. The molecule has 2 aromatic heterocycles. The zero-order chi connectivity index (χ0) is 26.4. The molecule has 0 radical (unpaired) electrons. The number of carbonyl (C=O) groups excluding carboxylic acids is 1. The molecule has 6 rings (SSSR count). The molecule has 2 aliphatic rings. The minimum Gasteiger partial charge on any atom is -0.457 e. The summed E-state index contributed by atoms with van der Waals surface area (Å²) in [5, 5.41) is 5.96. The van der Waals surface area contributed by atoms with Gasteiger partial charge < -0.3 is 20.1 Å². The van der Waals surface area contributed by atoms with E-state index in [0.29, 0.717) is 37.1 Å². The van der Waals surface area contributed by atoms with Gasteiger partial charge in [-0.15, -0.1) is 0 Å². The standard InChI is InChI=1S/C29H30FN5O3/c1-18-6-7-19(15-34(18)28(36)29(2)16-37-17-29)25-24-12-13-32-27(31)26(24)35(33-25)21-8-10-22(11-9-21)38-23-5-3-4-20(30)14-23/h3-5,8-14,18-19H,6-7,15-17H2,1-2H3,(H2,31,32). The quantitative estimate of drug-likeness (QED) is 0.399. The lowest BCUT2D eigenvalue weighted by Crippen LogP contribution is -2.57. The zero-order valence-corrected chi connectivity index (χ0v) is 21.4. The van der Waals surface area contributed by atoms with E-state index >= 15 is 0 Å². The number of hydrogen-bond donors (Lipinski definition) is 1. The maximum atomic E-state index is 13.5. The van der Waals surface area contributed by atoms with Gasteiger partial charge in [0.25, 0.3) is 0 Å². The smallest absolute Gasteiger partial charge is 0.233 e. The van der Waals surface area contributed by atoms with Crippen LogP contribution in [0, 0.1) is 11.2 Å². The molecule has 2 fully saturated rings. The van der Waals surface area contributed by atoms with Gasteiger partial charge in [0.2, 0.25) is 5.91 Å². The summed E-state index contributed by atoms with van der Waals surface area (Å²) < 4.78 is 26.5. The SMILES string of the molecule is CC1CCC(c2nn(-c3ccc(Oc4cccc(F)c4)cc3)c3c(N)nccc23)CN1C(=O)C1(C)COC1. The van der Waals surface area contributed by atoms with Gasteiger partial charge in [-0.25, -0.2) is 14.1 Å². The fourth-order valence-corrected chi connectivity index (χ4v) is 5.41. The molecule has 4 aromatic rings. The monoisotopic (exact) mass is 515 g/mol. The third-order valence-corrected chi connectivity index (χ3v) is 7.65. The second-order valence-corrected chi connectivity index (χ2v) is 10.6. The normalized spacial score (nSPS) is 20.8. The number of likely N-dealkylation sites (tertiary alicyclic amines) is 1. The van der Waals surface area contributed by atoms with Crippen molar-refractivity contribution in [2.75, 3.05) is 25.5 Å². The van der Waals surface area contributed by atoms with Crippen LogP contribution in [0.15, 0.2) is 60.8 Å². The fraction of sp³-hybridized carbons (Fsp3) is 0.345. The molecule has 9 heteroatoms. The molecular formula is C29H30FN5O3. The number of amides is 1. The average Bonchev–Trinajstić information content (AvgIpc) is 3.29. The number of nitrogens with zero attached hydrogens (tertiary/aromatic N) is 4. The number of nitrogen functional groups attached to an aromatic ring is 1. The van der Waals surface area contributed by atoms with Crippen molar-refractivity contribution in [1.29, 1.82) is 0 Å². The molecule has 2 atom stereocenters. The van der Waals surface area contributed by atoms with Crippen molar-refractivity contribution >= 4 is 22.6 Å². The lowest BCUT2D eigenvalue weighted by molar-refractivity contribution is -0.172. The number of halogens is 1. The lowest BCUT2D eigenvalue weighted by Gasteiger charge is -2.45. The van der Waals surface area contributed by atoms with Crippen LogP contribution in [-0.2, 0) is 9.53 Å². The molecule has 2 aliphatic heterocycles. The maximum Gasteiger partial charge on any atom is 0.233 e. The first kappa shape index (κ1) is 24.4. The Morgan fingerprint density at radius 2 is 1.92 bits per heavy atom. The van der Waals surface area contributed by atoms with Crippen LogP contribution in [0.5, 0.6) is 11.5 Å². The van der Waals surface area contributed by atoms with Crippen molar-refractivity contribution in [3.05, 3.63) is 72.3 Å². The molecule has 196 valence electrons. The van der Waals surface area contributed by atoms with E-state index < -0.39 is 5.41 Å². The number of hydrogen-bond acceptors (Lipinski definition) is 6. The molecule has 2 unspecified atom stereocenters. The first-order valence-corrected chi connectivity index (χ1v) is 12.9. The summed E-state index contributed by atoms with van der Waals surface area (Å²) in [4.78, 5) is 19.7. The average molecular weight is 516 g/mol. The highest BCUT2D eigenvalue weighted by Gasteiger charge is 2.46. The molecule has 0 saturated carbocycles. The highest BCUT2D eigenvalue weighted by atomic mass is 19.1. The predicted octanol–water partition coefficient (Wildman–Crippen LogP) is 5.07. The van der Waals surface area contributed by atoms with E-state index in [4.69, 9.17) is 20.3 Å². The summed E-state index contributed by atoms with van der Waals surface area (Å²) in [6, 6.07) is 15.5. The molecule has 2 N–H and O–H groups in total. The Morgan fingerprint density at radius 1 is 1.13 bits per heavy atom. The number of ether oxygens (including phenoxy) is 2. The van der Waals surface area contributed by atoms with E-state index in [9.17, 15) is 9.18 Å². The molecule has 38 heavy (non-hydrogen) atoms. The second-order valence-electron chi connectivity index (χ2n) is 10.6. The molecule has 8 nitrogen and oxygen atoms in total. The first-order valence-electron chi connectivity index (χ1n) is 12.9. The van der Waals surface area contributed by atoms with E-state index in [0.717, 1.165) is 35.1 Å². The van der Waals surface area contributed by atoms with Gasteiger partial charge in [0, 0.05) is 36.2 Å². The van der Waals surface area contributed by atoms with Crippen LogP contribution in [0.1, 0.15) is 38.3 Å². The van der Waals surface area contributed by atoms with Crippen LogP contribution < -0.4 is 10.5 Å². The van der Waals surface area contributed by atoms with Crippen LogP contribution in [-0.4, -0.2) is 51.4 Å². The third-order valence-electron chi connectivity index (χ3n) is 7.65. The van der Waals surface area contributed by atoms with Gasteiger partial charge in [0.15, 0.2) is 0 Å². The number of rotatable bonds is 5. The second kappa shape index (κ2) is 9.40. The Bertz CT molecular complexity index is 1500. The van der Waals surface area contributed by atoms with Gasteiger partial charge in [0.05, 0.1) is 30.0 Å². The Morgan fingerprint density at radius 3 is 2.63 bits per heavy atom. The summed E-state index contributed by atoms with van der Waals surface area (Å²) >= 11 is 0. The highest BCUT2D eigenvalue weighted by molar-refractivity contribution is 5.91. The van der Waals surface area contributed by atoms with E-state index in [2.05, 4.69) is 11.9 Å². The molecule has 1 amide bonds. The number of fused-ring (bicyclic) bond motifs is 1. The van der Waals surface area contributed by atoms with Crippen molar-refractivity contribution in [2.45, 2.75) is 38.6 Å². The summed E-state index contributed by atoms with van der Waals surface area (Å²) in [5.74, 6) is 1.25. The van der Waals surface area contributed by atoms with Gasteiger partial charge in [-0.3, -0.25) is 4.79 Å². The molecule has 2 aromatic carbocycles. The van der Waals surface area contributed by atoms with Gasteiger partial charge >= 0.3 is 0 Å². The number of aromatic nitrogens is 3. The van der Waals surface area contributed by atoms with E-state index in [1.807, 2.05) is 46.8 Å². The Kier molecular flexibility index (Phi) is 6.03. The van der Waals surface area contributed by atoms with Crippen LogP contribution >= 0.6 is 0 Å². The third kappa shape index (κ3) is 4.26. The number of pyridine rings is 1. The van der Waals surface area contributed by atoms with E-state index in [1.165, 1.54) is 12.1 Å².